The Bertz CT molecular complexity index is 2040. The third kappa shape index (κ3) is 3.98. The Labute approximate surface area is 228 Å². The Morgan fingerprint density at radius 3 is 1.41 bits per heavy atom. The summed E-state index contributed by atoms with van der Waals surface area (Å²) in [6.07, 6.45) is 0. The Hall–Kier alpha value is -5.08. The molecule has 2 heteroatoms. The van der Waals surface area contributed by atoms with Crippen molar-refractivity contribution >= 4 is 43.6 Å². The second kappa shape index (κ2) is 9.66. The zero-order chi connectivity index (χ0) is 26.2. The van der Waals surface area contributed by atoms with E-state index in [9.17, 15) is 0 Å². The van der Waals surface area contributed by atoms with Crippen molar-refractivity contribution in [1.82, 2.24) is 9.13 Å². The van der Waals surface area contributed by atoms with Crippen molar-refractivity contribution in [2.75, 3.05) is 0 Å². The van der Waals surface area contributed by atoms with Gasteiger partial charge in [-0.05, 0) is 59.7 Å². The van der Waals surface area contributed by atoms with Gasteiger partial charge in [0.2, 0.25) is 0 Å². The van der Waals surface area contributed by atoms with Gasteiger partial charge >= 0.3 is 0 Å². The lowest BCUT2D eigenvalue weighted by molar-refractivity contribution is 1.01. The molecular weight excluding hydrogens is 472 g/mol. The van der Waals surface area contributed by atoms with Crippen LogP contribution in [-0.4, -0.2) is 9.13 Å². The minimum Gasteiger partial charge on any atom is -0.344 e. The monoisotopic (exact) mass is 500 g/mol. The molecule has 2 aromatic heterocycles. The van der Waals surface area contributed by atoms with Crippen molar-refractivity contribution in [3.63, 3.8) is 0 Å². The van der Waals surface area contributed by atoms with E-state index in [1.807, 2.05) is 36.4 Å². The molecule has 8 rings (SSSR count). The summed E-state index contributed by atoms with van der Waals surface area (Å²) >= 11 is 0. The lowest BCUT2D eigenvalue weighted by Gasteiger charge is -2.08. The van der Waals surface area contributed by atoms with Gasteiger partial charge in [0.1, 0.15) is 0 Å². The summed E-state index contributed by atoms with van der Waals surface area (Å²) in [4.78, 5) is 0. The standard InChI is InChI=1S/C31H22N2.C6H6/c1-32-28-13-7-5-11-24(28)26-19-21(15-17-29(26)32)22-16-18-31-27(20-22)25-12-6-8-14-30(25)33(31)23-9-3-2-4-10-23;1-2-4-6-5-3-1/h2-20H,1H3;1-6H. The van der Waals surface area contributed by atoms with Crippen LogP contribution in [-0.2, 0) is 7.05 Å². The highest BCUT2D eigenvalue weighted by atomic mass is 15.0. The van der Waals surface area contributed by atoms with Gasteiger partial charge in [0, 0.05) is 45.3 Å². The van der Waals surface area contributed by atoms with E-state index < -0.39 is 0 Å². The number of nitrogens with zero attached hydrogens (tertiary/aromatic N) is 2. The molecule has 0 atom stereocenters. The maximum Gasteiger partial charge on any atom is 0.0541 e. The number of aryl methyl sites for hydroxylation is 1. The SMILES string of the molecule is Cn1c2ccccc2c2cc(-c3ccc4c(c3)c3ccccc3n4-c3ccccc3)ccc21.c1ccccc1. The Morgan fingerprint density at radius 1 is 0.359 bits per heavy atom. The molecule has 0 spiro atoms. The number of hydrogen-bond acceptors (Lipinski definition) is 0. The molecular formula is C37H28N2. The zero-order valence-corrected chi connectivity index (χ0v) is 21.8. The molecule has 0 unspecified atom stereocenters. The molecule has 0 saturated heterocycles. The van der Waals surface area contributed by atoms with Gasteiger partial charge in [0.15, 0.2) is 0 Å². The highest BCUT2D eigenvalue weighted by Crippen LogP contribution is 2.36. The fourth-order valence-electron chi connectivity index (χ4n) is 5.74. The predicted octanol–water partition coefficient (Wildman–Crippen LogP) is 9.78. The van der Waals surface area contributed by atoms with E-state index in [2.05, 4.69) is 131 Å². The summed E-state index contributed by atoms with van der Waals surface area (Å²) in [6, 6.07) is 53.7. The largest absolute Gasteiger partial charge is 0.344 e. The third-order valence-corrected chi connectivity index (χ3v) is 7.60. The fourth-order valence-corrected chi connectivity index (χ4v) is 5.74. The zero-order valence-electron chi connectivity index (χ0n) is 21.8. The highest BCUT2D eigenvalue weighted by molar-refractivity contribution is 6.12. The topological polar surface area (TPSA) is 9.86 Å². The quantitative estimate of drug-likeness (QED) is 0.223. The highest BCUT2D eigenvalue weighted by Gasteiger charge is 2.14. The van der Waals surface area contributed by atoms with Crippen LogP contribution >= 0.6 is 0 Å². The molecule has 0 aliphatic rings. The van der Waals surface area contributed by atoms with Crippen LogP contribution in [0.3, 0.4) is 0 Å². The van der Waals surface area contributed by atoms with Crippen LogP contribution < -0.4 is 0 Å². The van der Waals surface area contributed by atoms with Crippen molar-refractivity contribution in [2.24, 2.45) is 7.05 Å². The number of benzene rings is 6. The van der Waals surface area contributed by atoms with Gasteiger partial charge in [-0.15, -0.1) is 0 Å². The lowest BCUT2D eigenvalue weighted by Crippen LogP contribution is -1.92. The first kappa shape index (κ1) is 23.1. The van der Waals surface area contributed by atoms with E-state index in [0.29, 0.717) is 0 Å². The van der Waals surface area contributed by atoms with Gasteiger partial charge < -0.3 is 9.13 Å². The number of fused-ring (bicyclic) bond motifs is 6. The van der Waals surface area contributed by atoms with Gasteiger partial charge in [0.05, 0.1) is 11.0 Å². The van der Waals surface area contributed by atoms with Crippen LogP contribution in [0.5, 0.6) is 0 Å². The van der Waals surface area contributed by atoms with Crippen LogP contribution in [0.25, 0.3) is 60.4 Å². The van der Waals surface area contributed by atoms with Gasteiger partial charge in [-0.1, -0.05) is 103 Å². The summed E-state index contributed by atoms with van der Waals surface area (Å²) < 4.78 is 4.65. The number of para-hydroxylation sites is 3. The van der Waals surface area contributed by atoms with Gasteiger partial charge in [-0.25, -0.2) is 0 Å². The van der Waals surface area contributed by atoms with Crippen molar-refractivity contribution in [2.45, 2.75) is 0 Å². The van der Waals surface area contributed by atoms with E-state index in [4.69, 9.17) is 0 Å². The van der Waals surface area contributed by atoms with E-state index in [0.717, 1.165) is 0 Å². The lowest BCUT2D eigenvalue weighted by atomic mass is 10.0. The maximum absolute atomic E-state index is 2.36. The van der Waals surface area contributed by atoms with Crippen LogP contribution in [0.2, 0.25) is 0 Å². The average molecular weight is 501 g/mol. The summed E-state index contributed by atoms with van der Waals surface area (Å²) in [7, 11) is 2.15. The fraction of sp³-hybridized carbons (Fsp3) is 0.0270. The molecule has 8 aromatic rings. The van der Waals surface area contributed by atoms with Crippen LogP contribution in [0.1, 0.15) is 0 Å². The molecule has 0 radical (unpaired) electrons. The molecule has 6 aromatic carbocycles. The van der Waals surface area contributed by atoms with Crippen LogP contribution in [0.4, 0.5) is 0 Å². The van der Waals surface area contributed by atoms with Crippen molar-refractivity contribution < 1.29 is 0 Å². The number of hydrogen-bond donors (Lipinski definition) is 0. The van der Waals surface area contributed by atoms with Crippen molar-refractivity contribution in [3.05, 3.63) is 152 Å². The first-order chi connectivity index (χ1) is 19.3. The molecule has 2 nitrogen and oxygen atoms in total. The van der Waals surface area contributed by atoms with Crippen LogP contribution in [0.15, 0.2) is 152 Å². The molecule has 2 heterocycles. The Morgan fingerprint density at radius 2 is 0.769 bits per heavy atom. The van der Waals surface area contributed by atoms with Crippen molar-refractivity contribution in [3.8, 4) is 16.8 Å². The second-order valence-corrected chi connectivity index (χ2v) is 9.88. The molecule has 0 fully saturated rings. The molecule has 0 saturated carbocycles. The predicted molar refractivity (Wildman–Crippen MR) is 167 cm³/mol. The average Bonchev–Trinajstić information content (AvgIpc) is 3.50. The summed E-state index contributed by atoms with van der Waals surface area (Å²) in [5, 5.41) is 5.17. The Balaban J connectivity index is 0.000000376. The molecule has 0 aliphatic carbocycles. The maximum atomic E-state index is 2.36. The summed E-state index contributed by atoms with van der Waals surface area (Å²) in [5.74, 6) is 0. The normalized spacial score (nSPS) is 11.2. The van der Waals surface area contributed by atoms with E-state index >= 15 is 0 Å². The first-order valence-electron chi connectivity index (χ1n) is 13.4. The second-order valence-electron chi connectivity index (χ2n) is 9.88. The molecule has 186 valence electrons. The minimum atomic E-state index is 1.19. The van der Waals surface area contributed by atoms with Gasteiger partial charge in [-0.2, -0.15) is 0 Å². The van der Waals surface area contributed by atoms with E-state index in [1.54, 1.807) is 0 Å². The van der Waals surface area contributed by atoms with Gasteiger partial charge in [0.25, 0.3) is 0 Å². The number of aromatic nitrogens is 2. The van der Waals surface area contributed by atoms with E-state index in [-0.39, 0.29) is 0 Å². The van der Waals surface area contributed by atoms with Crippen molar-refractivity contribution in [1.29, 1.82) is 0 Å². The number of rotatable bonds is 2. The molecule has 0 aliphatic heterocycles. The summed E-state index contributed by atoms with van der Waals surface area (Å²) in [6.45, 7) is 0. The molecule has 39 heavy (non-hydrogen) atoms. The van der Waals surface area contributed by atoms with E-state index in [1.165, 1.54) is 60.4 Å². The minimum absolute atomic E-state index is 1.19. The smallest absolute Gasteiger partial charge is 0.0541 e. The Kier molecular flexibility index (Phi) is 5.71. The van der Waals surface area contributed by atoms with Crippen LogP contribution in [0, 0.1) is 0 Å². The molecule has 0 N–H and O–H groups in total. The van der Waals surface area contributed by atoms with Gasteiger partial charge in [-0.3, -0.25) is 0 Å². The molecule has 0 bridgehead atoms. The molecule has 0 amide bonds. The summed E-state index contributed by atoms with van der Waals surface area (Å²) in [5.41, 5.74) is 8.68. The first-order valence-corrected chi connectivity index (χ1v) is 13.4. The third-order valence-electron chi connectivity index (χ3n) is 7.60.